The van der Waals surface area contributed by atoms with Crippen molar-refractivity contribution in [2.75, 3.05) is 6.61 Å². The van der Waals surface area contributed by atoms with Gasteiger partial charge in [0.25, 0.3) is 0 Å². The van der Waals surface area contributed by atoms with Crippen LogP contribution in [-0.4, -0.2) is 28.0 Å². The Balaban J connectivity index is 1.47. The second kappa shape index (κ2) is 8.01. The Bertz CT molecular complexity index is 781. The molecule has 5 nitrogen and oxygen atoms in total. The molecule has 1 N–H and O–H groups in total. The van der Waals surface area contributed by atoms with Gasteiger partial charge in [0.05, 0.1) is 17.1 Å². The Morgan fingerprint density at radius 3 is 2.64 bits per heavy atom. The third-order valence-corrected chi connectivity index (χ3v) is 4.20. The van der Waals surface area contributed by atoms with Crippen LogP contribution in [0.4, 0.5) is 0 Å². The van der Waals surface area contributed by atoms with Gasteiger partial charge >= 0.3 is 0 Å². The Morgan fingerprint density at radius 2 is 1.88 bits per heavy atom. The fraction of sp³-hybridized carbons (Fsp3) is 0.400. The fourth-order valence-corrected chi connectivity index (χ4v) is 2.59. The molecular formula is C20H24N4O. The van der Waals surface area contributed by atoms with E-state index in [0.717, 1.165) is 35.6 Å². The van der Waals surface area contributed by atoms with Crippen LogP contribution in [0.5, 0.6) is 0 Å². The van der Waals surface area contributed by atoms with Crippen molar-refractivity contribution >= 4 is 11.4 Å². The predicted molar refractivity (Wildman–Crippen MR) is 99.4 cm³/mol. The summed E-state index contributed by atoms with van der Waals surface area (Å²) in [5.74, 6) is 0.640. The summed E-state index contributed by atoms with van der Waals surface area (Å²) in [6, 6.07) is 11.9. The third-order valence-electron chi connectivity index (χ3n) is 4.20. The van der Waals surface area contributed by atoms with Gasteiger partial charge in [0.2, 0.25) is 0 Å². The Morgan fingerprint density at radius 1 is 1.12 bits per heavy atom. The highest BCUT2D eigenvalue weighted by Gasteiger charge is 2.25. The van der Waals surface area contributed by atoms with Gasteiger partial charge in [-0.05, 0) is 63.8 Å². The number of aryl methyl sites for hydroxylation is 1. The van der Waals surface area contributed by atoms with Crippen molar-refractivity contribution in [1.82, 2.24) is 9.97 Å². The molecule has 0 atom stereocenters. The lowest BCUT2D eigenvalue weighted by atomic mass is 10.2. The van der Waals surface area contributed by atoms with E-state index in [4.69, 9.17) is 10.2 Å². The van der Waals surface area contributed by atoms with Crippen LogP contribution in [0.1, 0.15) is 61.8 Å². The Labute approximate surface area is 148 Å². The lowest BCUT2D eigenvalue weighted by Crippen LogP contribution is -2.03. The van der Waals surface area contributed by atoms with E-state index in [1.165, 1.54) is 18.5 Å². The van der Waals surface area contributed by atoms with Gasteiger partial charge in [-0.2, -0.15) is 0 Å². The molecule has 2 aromatic rings. The molecule has 3 rings (SSSR count). The van der Waals surface area contributed by atoms with Gasteiger partial charge in [-0.15, -0.1) is 0 Å². The molecule has 0 saturated heterocycles. The highest BCUT2D eigenvalue weighted by molar-refractivity contribution is 5.96. The zero-order valence-corrected chi connectivity index (χ0v) is 14.8. The van der Waals surface area contributed by atoms with Crippen molar-refractivity contribution in [3.8, 4) is 0 Å². The Hall–Kier alpha value is -2.56. The molecule has 1 fully saturated rings. The molecule has 0 spiro atoms. The van der Waals surface area contributed by atoms with Crippen molar-refractivity contribution < 1.29 is 4.84 Å². The predicted octanol–water partition coefficient (Wildman–Crippen LogP) is 4.12. The van der Waals surface area contributed by atoms with Gasteiger partial charge in [0, 0.05) is 17.3 Å². The van der Waals surface area contributed by atoms with Crippen LogP contribution in [0.3, 0.4) is 0 Å². The first-order valence-corrected chi connectivity index (χ1v) is 8.79. The van der Waals surface area contributed by atoms with Gasteiger partial charge < -0.3 is 10.2 Å². The normalized spacial score (nSPS) is 14.4. The molecule has 1 aliphatic carbocycles. The number of nitrogens with one attached hydrogen (secondary N) is 1. The second-order valence-electron chi connectivity index (χ2n) is 6.47. The fourth-order valence-electron chi connectivity index (χ4n) is 2.59. The van der Waals surface area contributed by atoms with Crippen LogP contribution < -0.4 is 0 Å². The number of hydrogen-bond donors (Lipinski definition) is 1. The summed E-state index contributed by atoms with van der Waals surface area (Å²) in [7, 11) is 0. The number of rotatable bonds is 8. The molecule has 130 valence electrons. The van der Waals surface area contributed by atoms with E-state index in [-0.39, 0.29) is 0 Å². The zero-order chi connectivity index (χ0) is 17.6. The molecule has 5 heteroatoms. The summed E-state index contributed by atoms with van der Waals surface area (Å²) < 4.78 is 0. The van der Waals surface area contributed by atoms with Crippen molar-refractivity contribution in [1.29, 1.82) is 5.41 Å². The van der Waals surface area contributed by atoms with Crippen molar-refractivity contribution in [3.63, 3.8) is 0 Å². The smallest absolute Gasteiger partial charge is 0.117 e. The minimum atomic E-state index is 0.485. The van der Waals surface area contributed by atoms with Crippen molar-refractivity contribution in [2.24, 2.45) is 5.16 Å². The maximum atomic E-state index is 7.64. The number of pyridine rings is 2. The van der Waals surface area contributed by atoms with Crippen LogP contribution >= 0.6 is 0 Å². The first kappa shape index (κ1) is 17.3. The van der Waals surface area contributed by atoms with E-state index in [2.05, 4.69) is 21.2 Å². The first-order valence-electron chi connectivity index (χ1n) is 8.79. The molecule has 1 saturated carbocycles. The molecular weight excluding hydrogens is 312 g/mol. The summed E-state index contributed by atoms with van der Waals surface area (Å²) in [5, 5.41) is 11.8. The summed E-state index contributed by atoms with van der Waals surface area (Å²) in [5.41, 5.74) is 5.06. The maximum absolute atomic E-state index is 7.64. The molecule has 1 aliphatic rings. The summed E-state index contributed by atoms with van der Waals surface area (Å²) >= 11 is 0. The van der Waals surface area contributed by atoms with Gasteiger partial charge in [-0.25, -0.2) is 0 Å². The largest absolute Gasteiger partial charge is 0.396 e. The van der Waals surface area contributed by atoms with Gasteiger partial charge in [0.15, 0.2) is 0 Å². The highest BCUT2D eigenvalue weighted by atomic mass is 16.6. The lowest BCUT2D eigenvalue weighted by Gasteiger charge is -2.05. The minimum absolute atomic E-state index is 0.485. The zero-order valence-electron chi connectivity index (χ0n) is 14.8. The SMILES string of the molecule is CC(=N)c1cccc(CCCO/N=C(\C)c2cccc(C3CC3)n2)n1. The first-order chi connectivity index (χ1) is 12.1. The van der Waals surface area contributed by atoms with Gasteiger partial charge in [0.1, 0.15) is 12.3 Å². The highest BCUT2D eigenvalue weighted by Crippen LogP contribution is 2.38. The molecule has 0 aromatic carbocycles. The molecule has 0 aliphatic heterocycles. The maximum Gasteiger partial charge on any atom is 0.117 e. The molecule has 2 aromatic heterocycles. The number of aromatic nitrogens is 2. The van der Waals surface area contributed by atoms with E-state index in [1.54, 1.807) is 6.92 Å². The molecule has 25 heavy (non-hydrogen) atoms. The van der Waals surface area contributed by atoms with E-state index < -0.39 is 0 Å². The van der Waals surface area contributed by atoms with Crippen LogP contribution in [0, 0.1) is 5.41 Å². The average molecular weight is 336 g/mol. The standard InChI is InChI=1S/C20H24N4O/c1-14(21)18-8-3-6-17(22-18)7-5-13-25-24-15(2)19-9-4-10-20(23-19)16-11-12-16/h3-4,6,8-10,16,21H,5,7,11-13H2,1-2H3/b21-14?,24-15+. The quantitative estimate of drug-likeness (QED) is 0.448. The summed E-state index contributed by atoms with van der Waals surface area (Å²) in [6.45, 7) is 4.21. The van der Waals surface area contributed by atoms with Crippen LogP contribution in [0.15, 0.2) is 41.6 Å². The van der Waals surface area contributed by atoms with Gasteiger partial charge in [-0.1, -0.05) is 17.3 Å². The van der Waals surface area contributed by atoms with Crippen LogP contribution in [-0.2, 0) is 11.3 Å². The van der Waals surface area contributed by atoms with Crippen LogP contribution in [0.25, 0.3) is 0 Å². The molecule has 2 heterocycles. The lowest BCUT2D eigenvalue weighted by molar-refractivity contribution is 0.141. The number of oxime groups is 1. The number of nitrogens with zero attached hydrogens (tertiary/aromatic N) is 3. The molecule has 0 bridgehead atoms. The van der Waals surface area contributed by atoms with Crippen LogP contribution in [0.2, 0.25) is 0 Å². The van der Waals surface area contributed by atoms with Gasteiger partial charge in [-0.3, -0.25) is 9.97 Å². The second-order valence-corrected chi connectivity index (χ2v) is 6.47. The molecule has 0 radical (unpaired) electrons. The topological polar surface area (TPSA) is 71.2 Å². The molecule has 0 unspecified atom stereocenters. The van der Waals surface area contributed by atoms with E-state index in [1.807, 2.05) is 37.3 Å². The van der Waals surface area contributed by atoms with Crippen molar-refractivity contribution in [2.45, 2.75) is 45.4 Å². The van der Waals surface area contributed by atoms with E-state index >= 15 is 0 Å². The minimum Gasteiger partial charge on any atom is -0.396 e. The number of hydrogen-bond acceptors (Lipinski definition) is 5. The Kier molecular flexibility index (Phi) is 5.53. The molecule has 0 amide bonds. The van der Waals surface area contributed by atoms with E-state index in [0.29, 0.717) is 18.2 Å². The summed E-state index contributed by atoms with van der Waals surface area (Å²) in [6.07, 6.45) is 4.14. The third kappa shape index (κ3) is 4.95. The summed E-state index contributed by atoms with van der Waals surface area (Å²) in [4.78, 5) is 14.6. The van der Waals surface area contributed by atoms with Crippen molar-refractivity contribution in [3.05, 3.63) is 59.2 Å². The average Bonchev–Trinajstić information content (AvgIpc) is 3.47. The van der Waals surface area contributed by atoms with E-state index in [9.17, 15) is 0 Å². The monoisotopic (exact) mass is 336 g/mol.